The summed E-state index contributed by atoms with van der Waals surface area (Å²) >= 11 is 6.05. The molecule has 2 aliphatic heterocycles. The third kappa shape index (κ3) is 3.08. The Bertz CT molecular complexity index is 1170. The highest BCUT2D eigenvalue weighted by Crippen LogP contribution is 2.39. The first-order chi connectivity index (χ1) is 14.6. The lowest BCUT2D eigenvalue weighted by Gasteiger charge is -2.21. The number of hydrogen-bond donors (Lipinski definition) is 0. The van der Waals surface area contributed by atoms with Gasteiger partial charge in [-0.15, -0.1) is 0 Å². The molecule has 0 saturated carbocycles. The number of amides is 2. The van der Waals surface area contributed by atoms with Gasteiger partial charge in [-0.2, -0.15) is 0 Å². The van der Waals surface area contributed by atoms with Gasteiger partial charge in [0.2, 0.25) is 0 Å². The molecule has 0 aliphatic carbocycles. The van der Waals surface area contributed by atoms with E-state index in [0.717, 1.165) is 17.7 Å². The van der Waals surface area contributed by atoms with Crippen LogP contribution >= 0.6 is 11.6 Å². The normalized spacial score (nSPS) is 15.9. The maximum Gasteiger partial charge on any atom is 0.278 e. The van der Waals surface area contributed by atoms with E-state index in [-0.39, 0.29) is 18.4 Å². The van der Waals surface area contributed by atoms with Crippen LogP contribution in [-0.4, -0.2) is 28.2 Å². The molecule has 2 amide bonds. The summed E-state index contributed by atoms with van der Waals surface area (Å²) in [5.74, 6) is -0.587. The van der Waals surface area contributed by atoms with E-state index in [9.17, 15) is 9.59 Å². The van der Waals surface area contributed by atoms with Gasteiger partial charge in [-0.05, 0) is 47.4 Å². The summed E-state index contributed by atoms with van der Waals surface area (Å²) in [6, 6.07) is 18.7. The van der Waals surface area contributed by atoms with Crippen LogP contribution in [0.3, 0.4) is 0 Å². The van der Waals surface area contributed by atoms with Crippen LogP contribution in [0.4, 0.5) is 5.69 Å². The van der Waals surface area contributed by atoms with Crippen molar-refractivity contribution in [3.63, 3.8) is 0 Å². The number of halogens is 1. The number of nitrogens with zero attached hydrogens (tertiary/aromatic N) is 3. The van der Waals surface area contributed by atoms with Gasteiger partial charge in [-0.25, -0.2) is 0 Å². The summed E-state index contributed by atoms with van der Waals surface area (Å²) in [6.45, 7) is 0.840. The number of benzene rings is 2. The number of hydrogen-bond acceptors (Lipinski definition) is 4. The molecule has 1 aromatic heterocycles. The molecule has 0 atom stereocenters. The molecule has 0 bridgehead atoms. The third-order valence-corrected chi connectivity index (χ3v) is 5.75. The summed E-state index contributed by atoms with van der Waals surface area (Å²) in [5, 5.41) is 0.580. The number of carbonyl (C=O) groups excluding carboxylic acids is 2. The van der Waals surface area contributed by atoms with Crippen molar-refractivity contribution in [2.75, 3.05) is 11.4 Å². The number of para-hydroxylation sites is 1. The first-order valence-corrected chi connectivity index (χ1v) is 10.1. The van der Waals surface area contributed by atoms with Crippen LogP contribution in [0.15, 0.2) is 78.8 Å². The Morgan fingerprint density at radius 3 is 2.50 bits per heavy atom. The molecule has 3 heterocycles. The number of aromatic nitrogens is 1. The van der Waals surface area contributed by atoms with E-state index < -0.39 is 0 Å². The first kappa shape index (κ1) is 18.6. The maximum absolute atomic E-state index is 13.5. The standard InChI is InChI=1S/C24H18ClN3O2/c25-19-9-7-18(8-10-19)21-22(27-13-11-17-5-1-2-6-20(17)27)24(30)28(23(21)29)15-16-4-3-12-26-14-16/h1-10,12,14H,11,13,15H2. The van der Waals surface area contributed by atoms with Gasteiger partial charge in [0.25, 0.3) is 11.8 Å². The van der Waals surface area contributed by atoms with Crippen molar-refractivity contribution < 1.29 is 9.59 Å². The fourth-order valence-electron chi connectivity index (χ4n) is 4.08. The topological polar surface area (TPSA) is 53.5 Å². The predicted octanol–water partition coefficient (Wildman–Crippen LogP) is 4.08. The number of pyridine rings is 1. The lowest BCUT2D eigenvalue weighted by atomic mass is 10.0. The van der Waals surface area contributed by atoms with Crippen molar-refractivity contribution in [2.45, 2.75) is 13.0 Å². The fourth-order valence-corrected chi connectivity index (χ4v) is 4.20. The summed E-state index contributed by atoms with van der Waals surface area (Å²) in [5.41, 5.74) is 4.48. The number of imide groups is 1. The minimum atomic E-state index is -0.300. The average Bonchev–Trinajstić information content (AvgIpc) is 3.29. The highest BCUT2D eigenvalue weighted by Gasteiger charge is 2.43. The van der Waals surface area contributed by atoms with Gasteiger partial charge in [-0.3, -0.25) is 19.5 Å². The van der Waals surface area contributed by atoms with Crippen LogP contribution in [0.2, 0.25) is 5.02 Å². The summed E-state index contributed by atoms with van der Waals surface area (Å²) in [6.07, 6.45) is 4.17. The molecule has 148 valence electrons. The Hall–Kier alpha value is -3.44. The van der Waals surface area contributed by atoms with E-state index in [2.05, 4.69) is 11.1 Å². The number of anilines is 1. The predicted molar refractivity (Wildman–Crippen MR) is 116 cm³/mol. The van der Waals surface area contributed by atoms with Gasteiger partial charge >= 0.3 is 0 Å². The van der Waals surface area contributed by atoms with Gasteiger partial charge < -0.3 is 4.90 Å². The second-order valence-electron chi connectivity index (χ2n) is 7.32. The van der Waals surface area contributed by atoms with E-state index in [0.29, 0.717) is 28.4 Å². The Kier molecular flexibility index (Phi) is 4.60. The fraction of sp³-hybridized carbons (Fsp3) is 0.125. The molecule has 30 heavy (non-hydrogen) atoms. The van der Waals surface area contributed by atoms with Crippen molar-refractivity contribution in [3.8, 4) is 0 Å². The van der Waals surface area contributed by atoms with Gasteiger partial charge in [0, 0.05) is 29.6 Å². The van der Waals surface area contributed by atoms with Crippen LogP contribution in [0.25, 0.3) is 5.57 Å². The highest BCUT2D eigenvalue weighted by atomic mass is 35.5. The molecule has 0 saturated heterocycles. The molecule has 6 heteroatoms. The Balaban J connectivity index is 1.62. The largest absolute Gasteiger partial charge is 0.336 e. The quantitative estimate of drug-likeness (QED) is 0.602. The number of carbonyl (C=O) groups is 2. The van der Waals surface area contributed by atoms with Crippen molar-refractivity contribution in [2.24, 2.45) is 0 Å². The zero-order chi connectivity index (χ0) is 20.7. The average molecular weight is 416 g/mol. The molecular weight excluding hydrogens is 398 g/mol. The Morgan fingerprint density at radius 2 is 1.73 bits per heavy atom. The molecule has 3 aromatic rings. The molecule has 0 N–H and O–H groups in total. The van der Waals surface area contributed by atoms with Crippen molar-refractivity contribution in [1.82, 2.24) is 9.88 Å². The molecule has 2 aromatic carbocycles. The molecule has 2 aliphatic rings. The molecule has 0 spiro atoms. The van der Waals surface area contributed by atoms with Gasteiger partial charge in [-0.1, -0.05) is 48.0 Å². The lowest BCUT2D eigenvalue weighted by molar-refractivity contribution is -0.137. The van der Waals surface area contributed by atoms with E-state index in [1.807, 2.05) is 29.2 Å². The zero-order valence-corrected chi connectivity index (χ0v) is 16.8. The summed E-state index contributed by atoms with van der Waals surface area (Å²) in [4.78, 5) is 34.4. The molecule has 0 fully saturated rings. The zero-order valence-electron chi connectivity index (χ0n) is 16.1. The smallest absolute Gasteiger partial charge is 0.278 e. The van der Waals surface area contributed by atoms with Gasteiger partial charge in [0.05, 0.1) is 12.1 Å². The summed E-state index contributed by atoms with van der Waals surface area (Å²) in [7, 11) is 0. The van der Waals surface area contributed by atoms with E-state index in [1.165, 1.54) is 10.5 Å². The Labute approximate surface area is 179 Å². The highest BCUT2D eigenvalue weighted by molar-refractivity contribution is 6.37. The van der Waals surface area contributed by atoms with Crippen LogP contribution in [0.5, 0.6) is 0 Å². The second kappa shape index (κ2) is 7.43. The minimum Gasteiger partial charge on any atom is -0.336 e. The monoisotopic (exact) mass is 415 g/mol. The van der Waals surface area contributed by atoms with Crippen molar-refractivity contribution >= 4 is 34.7 Å². The van der Waals surface area contributed by atoms with E-state index in [4.69, 9.17) is 11.6 Å². The van der Waals surface area contributed by atoms with Gasteiger partial charge in [0.1, 0.15) is 5.70 Å². The minimum absolute atomic E-state index is 0.182. The molecule has 5 rings (SSSR count). The third-order valence-electron chi connectivity index (χ3n) is 5.50. The summed E-state index contributed by atoms with van der Waals surface area (Å²) < 4.78 is 0. The number of rotatable bonds is 4. The van der Waals surface area contributed by atoms with Gasteiger partial charge in [0.15, 0.2) is 0 Å². The SMILES string of the molecule is O=C1C(c2ccc(Cl)cc2)=C(N2CCc3ccccc32)C(=O)N1Cc1cccnc1. The molecular formula is C24H18ClN3O2. The van der Waals surface area contributed by atoms with Crippen molar-refractivity contribution in [3.05, 3.63) is 100 Å². The number of fused-ring (bicyclic) bond motifs is 1. The second-order valence-corrected chi connectivity index (χ2v) is 7.76. The van der Waals surface area contributed by atoms with Crippen LogP contribution < -0.4 is 4.90 Å². The Morgan fingerprint density at radius 1 is 0.933 bits per heavy atom. The van der Waals surface area contributed by atoms with E-state index >= 15 is 0 Å². The molecule has 0 radical (unpaired) electrons. The molecule has 5 nitrogen and oxygen atoms in total. The maximum atomic E-state index is 13.5. The van der Waals surface area contributed by atoms with Crippen LogP contribution in [-0.2, 0) is 22.6 Å². The molecule has 0 unspecified atom stereocenters. The van der Waals surface area contributed by atoms with Crippen molar-refractivity contribution in [1.29, 1.82) is 0 Å². The lowest BCUT2D eigenvalue weighted by Crippen LogP contribution is -2.34. The van der Waals surface area contributed by atoms with E-state index in [1.54, 1.807) is 42.7 Å². The van der Waals surface area contributed by atoms with Crippen LogP contribution in [0, 0.1) is 0 Å². The first-order valence-electron chi connectivity index (χ1n) is 9.74. The van der Waals surface area contributed by atoms with Crippen LogP contribution in [0.1, 0.15) is 16.7 Å².